The Morgan fingerprint density at radius 1 is 1.41 bits per heavy atom. The first-order valence-corrected chi connectivity index (χ1v) is 5.28. The molecule has 0 aliphatic rings. The average molecular weight is 305 g/mol. The topological polar surface area (TPSA) is 61.3 Å². The number of hydrogen-bond donors (Lipinski definition) is 1. The van der Waals surface area contributed by atoms with Gasteiger partial charge in [0.1, 0.15) is 11.6 Å². The zero-order valence-corrected chi connectivity index (χ0v) is 10.2. The summed E-state index contributed by atoms with van der Waals surface area (Å²) in [7, 11) is 1.31. The summed E-state index contributed by atoms with van der Waals surface area (Å²) in [5.74, 6) is -1.64. The van der Waals surface area contributed by atoms with Gasteiger partial charge >= 0.3 is 0 Å². The molecule has 0 aliphatic carbocycles. The summed E-state index contributed by atoms with van der Waals surface area (Å²) in [4.78, 5) is 0. The SMILES string of the molecule is COc1cc(F)c(-c2cc(N)no2)c(F)c1Br. The fourth-order valence-corrected chi connectivity index (χ4v) is 1.83. The van der Waals surface area contributed by atoms with Gasteiger partial charge in [0.15, 0.2) is 17.4 Å². The number of aromatic nitrogens is 1. The van der Waals surface area contributed by atoms with Crippen molar-refractivity contribution in [3.63, 3.8) is 0 Å². The minimum Gasteiger partial charge on any atom is -0.495 e. The van der Waals surface area contributed by atoms with Crippen LogP contribution in [0.1, 0.15) is 0 Å². The van der Waals surface area contributed by atoms with Gasteiger partial charge in [0, 0.05) is 12.1 Å². The first-order chi connectivity index (χ1) is 8.04. The van der Waals surface area contributed by atoms with E-state index in [1.54, 1.807) is 0 Å². The molecule has 0 aliphatic heterocycles. The highest BCUT2D eigenvalue weighted by Gasteiger charge is 2.21. The number of methoxy groups -OCH3 is 1. The van der Waals surface area contributed by atoms with Crippen LogP contribution in [0.4, 0.5) is 14.6 Å². The Morgan fingerprint density at radius 2 is 2.12 bits per heavy atom. The van der Waals surface area contributed by atoms with Gasteiger partial charge in [0.2, 0.25) is 0 Å². The molecule has 4 nitrogen and oxygen atoms in total. The van der Waals surface area contributed by atoms with Crippen molar-refractivity contribution in [3.05, 3.63) is 28.2 Å². The zero-order chi connectivity index (χ0) is 12.6. The molecular weight excluding hydrogens is 298 g/mol. The van der Waals surface area contributed by atoms with E-state index in [1.807, 2.05) is 0 Å². The highest BCUT2D eigenvalue weighted by Crippen LogP contribution is 2.37. The number of halogens is 3. The molecule has 0 fully saturated rings. The quantitative estimate of drug-likeness (QED) is 0.867. The predicted molar refractivity (Wildman–Crippen MR) is 60.5 cm³/mol. The largest absolute Gasteiger partial charge is 0.495 e. The summed E-state index contributed by atoms with van der Waals surface area (Å²) in [5, 5.41) is 3.37. The predicted octanol–water partition coefficient (Wildman–Crippen LogP) is 2.97. The third-order valence-electron chi connectivity index (χ3n) is 2.12. The van der Waals surface area contributed by atoms with E-state index < -0.39 is 11.6 Å². The molecule has 1 heterocycles. The van der Waals surface area contributed by atoms with Crippen molar-refractivity contribution in [2.45, 2.75) is 0 Å². The minimum absolute atomic E-state index is 0.00590. The number of nitrogens with zero attached hydrogens (tertiary/aromatic N) is 1. The Bertz CT molecular complexity index is 572. The van der Waals surface area contributed by atoms with Crippen LogP contribution in [-0.2, 0) is 0 Å². The fourth-order valence-electron chi connectivity index (χ4n) is 1.35. The van der Waals surface area contributed by atoms with Crippen LogP contribution >= 0.6 is 15.9 Å². The van der Waals surface area contributed by atoms with Crippen LogP contribution in [0.25, 0.3) is 11.3 Å². The Labute approximate surface area is 103 Å². The lowest BCUT2D eigenvalue weighted by Crippen LogP contribution is -1.95. The standard InChI is InChI=1S/C10H7BrF2N2O2/c1-16-6-2-4(12)8(10(13)9(6)11)5-3-7(14)15-17-5/h2-3H,1H3,(H2,14,15). The van der Waals surface area contributed by atoms with Crippen LogP contribution in [0.15, 0.2) is 21.1 Å². The molecular formula is C10H7BrF2N2O2. The maximum atomic E-state index is 13.9. The van der Waals surface area contributed by atoms with Gasteiger partial charge < -0.3 is 15.0 Å². The fraction of sp³-hybridized carbons (Fsp3) is 0.100. The molecule has 1 aromatic heterocycles. The van der Waals surface area contributed by atoms with Gasteiger partial charge in [0.25, 0.3) is 0 Å². The molecule has 2 rings (SSSR count). The first-order valence-electron chi connectivity index (χ1n) is 4.48. The van der Waals surface area contributed by atoms with Gasteiger partial charge in [-0.05, 0) is 15.9 Å². The van der Waals surface area contributed by atoms with Crippen LogP contribution in [0.3, 0.4) is 0 Å². The molecule has 0 atom stereocenters. The highest BCUT2D eigenvalue weighted by atomic mass is 79.9. The maximum absolute atomic E-state index is 13.9. The van der Waals surface area contributed by atoms with Crippen molar-refractivity contribution in [1.82, 2.24) is 5.16 Å². The summed E-state index contributed by atoms with van der Waals surface area (Å²) >= 11 is 2.97. The third kappa shape index (κ3) is 1.97. The summed E-state index contributed by atoms with van der Waals surface area (Å²) in [5.41, 5.74) is 4.98. The van der Waals surface area contributed by atoms with Gasteiger partial charge in [-0.15, -0.1) is 0 Å². The van der Waals surface area contributed by atoms with Gasteiger partial charge in [0.05, 0.1) is 17.1 Å². The number of hydrogen-bond acceptors (Lipinski definition) is 4. The molecule has 90 valence electrons. The van der Waals surface area contributed by atoms with E-state index in [0.717, 1.165) is 6.07 Å². The summed E-state index contributed by atoms with van der Waals surface area (Å²) < 4.78 is 37.1. The number of rotatable bonds is 2. The number of ether oxygens (including phenoxy) is 1. The van der Waals surface area contributed by atoms with E-state index in [9.17, 15) is 8.78 Å². The summed E-state index contributed by atoms with van der Waals surface area (Å²) in [6.45, 7) is 0. The highest BCUT2D eigenvalue weighted by molar-refractivity contribution is 9.10. The second-order valence-electron chi connectivity index (χ2n) is 3.18. The van der Waals surface area contributed by atoms with Crippen LogP contribution in [-0.4, -0.2) is 12.3 Å². The van der Waals surface area contributed by atoms with E-state index in [4.69, 9.17) is 15.0 Å². The molecule has 7 heteroatoms. The third-order valence-corrected chi connectivity index (χ3v) is 2.86. The summed E-state index contributed by atoms with van der Waals surface area (Å²) in [6.07, 6.45) is 0. The van der Waals surface area contributed by atoms with E-state index in [-0.39, 0.29) is 27.4 Å². The van der Waals surface area contributed by atoms with Crippen molar-refractivity contribution < 1.29 is 18.0 Å². The number of nitrogens with two attached hydrogens (primary N) is 1. The van der Waals surface area contributed by atoms with Gasteiger partial charge in [-0.1, -0.05) is 5.16 Å². The molecule has 17 heavy (non-hydrogen) atoms. The van der Waals surface area contributed by atoms with Crippen molar-refractivity contribution in [1.29, 1.82) is 0 Å². The molecule has 0 bridgehead atoms. The van der Waals surface area contributed by atoms with Crippen LogP contribution in [0.2, 0.25) is 0 Å². The molecule has 0 spiro atoms. The second-order valence-corrected chi connectivity index (χ2v) is 3.97. The van der Waals surface area contributed by atoms with E-state index in [1.165, 1.54) is 13.2 Å². The van der Waals surface area contributed by atoms with E-state index >= 15 is 0 Å². The lowest BCUT2D eigenvalue weighted by molar-refractivity contribution is 0.401. The van der Waals surface area contributed by atoms with Gasteiger partial charge in [-0.2, -0.15) is 0 Å². The van der Waals surface area contributed by atoms with Crippen molar-refractivity contribution in [2.75, 3.05) is 12.8 Å². The number of anilines is 1. The molecule has 2 N–H and O–H groups in total. The number of nitrogen functional groups attached to an aromatic ring is 1. The molecule has 0 saturated heterocycles. The van der Waals surface area contributed by atoms with Crippen LogP contribution in [0.5, 0.6) is 5.75 Å². The van der Waals surface area contributed by atoms with Gasteiger partial charge in [-0.3, -0.25) is 0 Å². The first kappa shape index (κ1) is 11.8. The lowest BCUT2D eigenvalue weighted by atomic mass is 10.1. The van der Waals surface area contributed by atoms with Crippen molar-refractivity contribution in [2.24, 2.45) is 0 Å². The van der Waals surface area contributed by atoms with E-state index in [0.29, 0.717) is 0 Å². The Balaban J connectivity index is 2.66. The van der Waals surface area contributed by atoms with Crippen molar-refractivity contribution in [3.8, 4) is 17.1 Å². The van der Waals surface area contributed by atoms with Crippen molar-refractivity contribution >= 4 is 21.7 Å². The molecule has 0 radical (unpaired) electrons. The number of benzene rings is 1. The van der Waals surface area contributed by atoms with Crippen LogP contribution < -0.4 is 10.5 Å². The normalized spacial score (nSPS) is 10.6. The maximum Gasteiger partial charge on any atom is 0.175 e. The van der Waals surface area contributed by atoms with Crippen LogP contribution in [0, 0.1) is 11.6 Å². The molecule has 0 saturated carbocycles. The zero-order valence-electron chi connectivity index (χ0n) is 8.63. The lowest BCUT2D eigenvalue weighted by Gasteiger charge is -2.07. The van der Waals surface area contributed by atoms with Gasteiger partial charge in [-0.25, -0.2) is 8.78 Å². The Morgan fingerprint density at radius 3 is 2.65 bits per heavy atom. The second kappa shape index (κ2) is 4.33. The minimum atomic E-state index is -0.835. The Kier molecular flexibility index (Phi) is 3.01. The molecule has 1 aromatic carbocycles. The smallest absolute Gasteiger partial charge is 0.175 e. The molecule has 0 unspecified atom stereocenters. The molecule has 2 aromatic rings. The monoisotopic (exact) mass is 304 g/mol. The molecule has 0 amide bonds. The average Bonchev–Trinajstić information content (AvgIpc) is 2.70. The Hall–Kier alpha value is -1.63. The summed E-state index contributed by atoms with van der Waals surface area (Å²) in [6, 6.07) is 2.28. The van der Waals surface area contributed by atoms with E-state index in [2.05, 4.69) is 21.1 Å².